The van der Waals surface area contributed by atoms with Crippen LogP contribution in [0.2, 0.25) is 0 Å². The zero-order valence-electron chi connectivity index (χ0n) is 12.5. The normalized spacial score (nSPS) is 31.0. The van der Waals surface area contributed by atoms with Gasteiger partial charge in [0.15, 0.2) is 0 Å². The fraction of sp³-hybridized carbons (Fsp3) is 0.588. The lowest BCUT2D eigenvalue weighted by Crippen LogP contribution is -2.48. The van der Waals surface area contributed by atoms with Gasteiger partial charge in [0.05, 0.1) is 18.2 Å². The number of hydrogen-bond donors (Lipinski definition) is 2. The van der Waals surface area contributed by atoms with E-state index in [-0.39, 0.29) is 29.4 Å². The number of rotatable bonds is 4. The highest BCUT2D eigenvalue weighted by Crippen LogP contribution is 2.47. The summed E-state index contributed by atoms with van der Waals surface area (Å²) in [6.07, 6.45) is 5.72. The summed E-state index contributed by atoms with van der Waals surface area (Å²) in [5.41, 5.74) is 1.11. The summed E-state index contributed by atoms with van der Waals surface area (Å²) in [7, 11) is 0. The van der Waals surface area contributed by atoms with Crippen molar-refractivity contribution in [2.75, 3.05) is 6.54 Å². The van der Waals surface area contributed by atoms with Gasteiger partial charge in [-0.2, -0.15) is 0 Å². The molecule has 118 valence electrons. The van der Waals surface area contributed by atoms with E-state index in [9.17, 15) is 9.18 Å². The Bertz CT molecular complexity index is 571. The number of carbonyl (C=O) groups excluding carboxylic acids is 1. The maximum atomic E-state index is 13.0. The van der Waals surface area contributed by atoms with Crippen molar-refractivity contribution in [1.82, 2.24) is 10.6 Å². The highest BCUT2D eigenvalue weighted by molar-refractivity contribution is 5.74. The third kappa shape index (κ3) is 2.58. The zero-order chi connectivity index (χ0) is 15.2. The van der Waals surface area contributed by atoms with E-state index >= 15 is 0 Å². The van der Waals surface area contributed by atoms with E-state index in [2.05, 4.69) is 10.6 Å². The number of hydrogen-bond acceptors (Lipinski definition) is 2. The van der Waals surface area contributed by atoms with Crippen LogP contribution in [-0.4, -0.2) is 30.8 Å². The number of ether oxygens (including phenoxy) is 1. The summed E-state index contributed by atoms with van der Waals surface area (Å²) in [6.45, 7) is 0.603. The largest absolute Gasteiger partial charge is 0.373 e. The number of carbonyl (C=O) groups is 1. The third-order valence-electron chi connectivity index (χ3n) is 5.32. The van der Waals surface area contributed by atoms with Gasteiger partial charge >= 0.3 is 6.03 Å². The van der Waals surface area contributed by atoms with Crippen LogP contribution in [0.15, 0.2) is 24.3 Å². The van der Waals surface area contributed by atoms with Crippen molar-refractivity contribution in [3.63, 3.8) is 0 Å². The molecule has 3 aliphatic rings. The summed E-state index contributed by atoms with van der Waals surface area (Å²) in [6, 6.07) is 6.66. The number of nitrogens with one attached hydrogen (secondary N) is 2. The molecule has 1 aliphatic carbocycles. The van der Waals surface area contributed by atoms with E-state index in [4.69, 9.17) is 4.74 Å². The lowest BCUT2D eigenvalue weighted by atomic mass is 9.95. The fourth-order valence-electron chi connectivity index (χ4n) is 3.78. The van der Waals surface area contributed by atoms with Crippen molar-refractivity contribution < 1.29 is 13.9 Å². The fourth-order valence-corrected chi connectivity index (χ4v) is 3.78. The van der Waals surface area contributed by atoms with Crippen LogP contribution in [0, 0.1) is 5.82 Å². The molecule has 2 saturated heterocycles. The standard InChI is InChI=1S/C17H21FN2O2/c18-12-3-1-11(2-4-12)17(7-8-17)10-19-16(21)20-14-9-13-5-6-15(14)22-13/h1-4,13-15H,5-10H2,(H2,19,20,21). The van der Waals surface area contributed by atoms with E-state index in [1.807, 2.05) is 12.1 Å². The van der Waals surface area contributed by atoms with Gasteiger partial charge in [-0.1, -0.05) is 12.1 Å². The zero-order valence-corrected chi connectivity index (χ0v) is 12.5. The minimum absolute atomic E-state index is 0.00375. The first-order chi connectivity index (χ1) is 10.6. The molecule has 2 heterocycles. The van der Waals surface area contributed by atoms with E-state index in [0.717, 1.165) is 37.7 Å². The van der Waals surface area contributed by atoms with Gasteiger partial charge in [0, 0.05) is 12.0 Å². The average Bonchev–Trinajstić information content (AvgIpc) is 3.02. The van der Waals surface area contributed by atoms with Crippen LogP contribution in [0.25, 0.3) is 0 Å². The molecule has 2 N–H and O–H groups in total. The number of urea groups is 1. The van der Waals surface area contributed by atoms with Gasteiger partial charge in [-0.25, -0.2) is 9.18 Å². The molecule has 3 unspecified atom stereocenters. The van der Waals surface area contributed by atoms with Crippen molar-refractivity contribution >= 4 is 6.03 Å². The van der Waals surface area contributed by atoms with Gasteiger partial charge < -0.3 is 15.4 Å². The Morgan fingerprint density at radius 2 is 2.05 bits per heavy atom. The molecular weight excluding hydrogens is 283 g/mol. The maximum Gasteiger partial charge on any atom is 0.315 e. The number of fused-ring (bicyclic) bond motifs is 2. The Morgan fingerprint density at radius 3 is 2.64 bits per heavy atom. The van der Waals surface area contributed by atoms with Gasteiger partial charge in [0.25, 0.3) is 0 Å². The van der Waals surface area contributed by atoms with Crippen molar-refractivity contribution in [3.8, 4) is 0 Å². The third-order valence-corrected chi connectivity index (χ3v) is 5.32. The van der Waals surface area contributed by atoms with Gasteiger partial charge in [0.1, 0.15) is 5.82 Å². The summed E-state index contributed by atoms with van der Waals surface area (Å²) >= 11 is 0. The molecule has 0 aromatic heterocycles. The molecule has 1 aromatic carbocycles. The molecule has 1 saturated carbocycles. The Hall–Kier alpha value is -1.62. The average molecular weight is 304 g/mol. The minimum atomic E-state index is -0.221. The highest BCUT2D eigenvalue weighted by atomic mass is 19.1. The van der Waals surface area contributed by atoms with E-state index in [0.29, 0.717) is 12.6 Å². The number of benzene rings is 1. The molecule has 4 rings (SSSR count). The van der Waals surface area contributed by atoms with Crippen LogP contribution in [-0.2, 0) is 10.2 Å². The molecule has 0 spiro atoms. The summed E-state index contributed by atoms with van der Waals surface area (Å²) < 4.78 is 18.8. The lowest BCUT2D eigenvalue weighted by molar-refractivity contribution is 0.0981. The van der Waals surface area contributed by atoms with Gasteiger partial charge in [-0.05, 0) is 49.8 Å². The molecule has 3 atom stereocenters. The van der Waals surface area contributed by atoms with Crippen molar-refractivity contribution in [3.05, 3.63) is 35.6 Å². The molecule has 3 fully saturated rings. The Labute approximate surface area is 129 Å². The molecule has 2 bridgehead atoms. The first-order valence-electron chi connectivity index (χ1n) is 8.11. The van der Waals surface area contributed by atoms with E-state index in [1.54, 1.807) is 0 Å². The Balaban J connectivity index is 1.30. The first-order valence-corrected chi connectivity index (χ1v) is 8.11. The number of halogens is 1. The maximum absolute atomic E-state index is 13.0. The van der Waals surface area contributed by atoms with Crippen LogP contribution in [0.3, 0.4) is 0 Å². The summed E-state index contributed by atoms with van der Waals surface area (Å²) in [5.74, 6) is -0.221. The summed E-state index contributed by atoms with van der Waals surface area (Å²) in [5, 5.41) is 6.02. The second-order valence-corrected chi connectivity index (χ2v) is 6.83. The molecule has 2 amide bonds. The monoisotopic (exact) mass is 304 g/mol. The second kappa shape index (κ2) is 5.23. The van der Waals surface area contributed by atoms with Crippen LogP contribution in [0.5, 0.6) is 0 Å². The summed E-state index contributed by atoms with van der Waals surface area (Å²) in [4.78, 5) is 12.1. The minimum Gasteiger partial charge on any atom is -0.373 e. The molecule has 2 aliphatic heterocycles. The van der Waals surface area contributed by atoms with E-state index in [1.165, 1.54) is 12.1 Å². The molecule has 0 radical (unpaired) electrons. The Kier molecular flexibility index (Phi) is 3.33. The van der Waals surface area contributed by atoms with Crippen LogP contribution in [0.1, 0.15) is 37.7 Å². The van der Waals surface area contributed by atoms with Crippen LogP contribution in [0.4, 0.5) is 9.18 Å². The quantitative estimate of drug-likeness (QED) is 0.898. The second-order valence-electron chi connectivity index (χ2n) is 6.83. The van der Waals surface area contributed by atoms with Crippen LogP contribution >= 0.6 is 0 Å². The molecule has 4 nitrogen and oxygen atoms in total. The lowest BCUT2D eigenvalue weighted by Gasteiger charge is -2.22. The van der Waals surface area contributed by atoms with Gasteiger partial charge in [-0.15, -0.1) is 0 Å². The van der Waals surface area contributed by atoms with Crippen molar-refractivity contribution in [2.24, 2.45) is 0 Å². The predicted molar refractivity (Wildman–Crippen MR) is 80.1 cm³/mol. The predicted octanol–water partition coefficient (Wildman–Crippen LogP) is 2.48. The molecule has 1 aromatic rings. The number of amides is 2. The molecule has 22 heavy (non-hydrogen) atoms. The van der Waals surface area contributed by atoms with Crippen molar-refractivity contribution in [1.29, 1.82) is 0 Å². The van der Waals surface area contributed by atoms with Crippen molar-refractivity contribution in [2.45, 2.75) is 55.8 Å². The van der Waals surface area contributed by atoms with Gasteiger partial charge in [-0.3, -0.25) is 0 Å². The smallest absolute Gasteiger partial charge is 0.315 e. The van der Waals surface area contributed by atoms with Crippen LogP contribution < -0.4 is 10.6 Å². The Morgan fingerprint density at radius 1 is 1.27 bits per heavy atom. The molecular formula is C17H21FN2O2. The first kappa shape index (κ1) is 14.0. The topological polar surface area (TPSA) is 50.4 Å². The molecule has 5 heteroatoms. The van der Waals surface area contributed by atoms with E-state index < -0.39 is 0 Å². The highest BCUT2D eigenvalue weighted by Gasteiger charge is 2.45. The SMILES string of the molecule is O=C(NCC1(c2ccc(F)cc2)CC1)NC1CC2CCC1O2. The van der Waals surface area contributed by atoms with Gasteiger partial charge in [0.2, 0.25) is 0 Å².